The van der Waals surface area contributed by atoms with E-state index in [1.54, 1.807) is 25.4 Å². The van der Waals surface area contributed by atoms with Crippen LogP contribution >= 0.6 is 0 Å². The average molecular weight is 492 g/mol. The average Bonchev–Trinajstić information content (AvgIpc) is 3.27. The lowest BCUT2D eigenvalue weighted by atomic mass is 10.2. The Balaban J connectivity index is 1.08. The van der Waals surface area contributed by atoms with Gasteiger partial charge in [-0.15, -0.1) is 0 Å². The van der Waals surface area contributed by atoms with E-state index in [4.69, 9.17) is 14.2 Å². The number of ether oxygens (including phenoxy) is 3. The van der Waals surface area contributed by atoms with Gasteiger partial charge in [0.05, 0.1) is 24.9 Å². The highest BCUT2D eigenvalue weighted by Gasteiger charge is 2.35. The van der Waals surface area contributed by atoms with Crippen LogP contribution in [0.1, 0.15) is 0 Å². The molecule has 1 unspecified atom stereocenters. The first-order valence-corrected chi connectivity index (χ1v) is 11.8. The maximum absolute atomic E-state index is 12.6. The van der Waals surface area contributed by atoms with Crippen LogP contribution in [0, 0.1) is 0 Å². The molecule has 2 fully saturated rings. The van der Waals surface area contributed by atoms with Crippen LogP contribution in [0.2, 0.25) is 0 Å². The van der Waals surface area contributed by atoms with Gasteiger partial charge in [-0.25, -0.2) is 14.8 Å². The van der Waals surface area contributed by atoms with Gasteiger partial charge in [0, 0.05) is 45.0 Å². The van der Waals surface area contributed by atoms with Crippen LogP contribution < -0.4 is 24.6 Å². The van der Waals surface area contributed by atoms with Crippen molar-refractivity contribution >= 4 is 40.4 Å². The molecule has 6 rings (SSSR count). The standard InChI is InChI=1S/C24H25N7O5/c1-34-21-5-2-16-22(28-21)17(6-7-25-16)30-10-8-29(9-11-30)12-15-13-31(24(33)36-15)19-4-3-18-23(26-19)27-20(32)14-35-18/h2-7,15H,8-14H2,1H3,(H,26,27,32). The second-order valence-corrected chi connectivity index (χ2v) is 8.81. The second-order valence-electron chi connectivity index (χ2n) is 8.81. The largest absolute Gasteiger partial charge is 0.481 e. The number of aromatic nitrogens is 3. The molecule has 0 aliphatic carbocycles. The third-order valence-electron chi connectivity index (χ3n) is 6.53. The minimum absolute atomic E-state index is 0.0444. The molecule has 1 N–H and O–H groups in total. The molecule has 186 valence electrons. The molecule has 0 bridgehead atoms. The number of nitrogens with one attached hydrogen (secondary N) is 1. The van der Waals surface area contributed by atoms with Crippen LogP contribution in [0.5, 0.6) is 11.6 Å². The number of carbonyl (C=O) groups excluding carboxylic acids is 2. The molecule has 0 radical (unpaired) electrons. The maximum atomic E-state index is 12.6. The zero-order chi connectivity index (χ0) is 24.6. The van der Waals surface area contributed by atoms with Gasteiger partial charge in [0.2, 0.25) is 5.88 Å². The van der Waals surface area contributed by atoms with Gasteiger partial charge in [-0.2, -0.15) is 0 Å². The molecule has 2 saturated heterocycles. The lowest BCUT2D eigenvalue weighted by molar-refractivity contribution is -0.118. The number of cyclic esters (lactones) is 1. The number of pyridine rings is 3. The molecule has 3 aromatic heterocycles. The number of hydrogen-bond acceptors (Lipinski definition) is 10. The summed E-state index contributed by atoms with van der Waals surface area (Å²) < 4.78 is 16.3. The Morgan fingerprint density at radius 3 is 2.78 bits per heavy atom. The number of piperazine rings is 1. The van der Waals surface area contributed by atoms with Gasteiger partial charge in [-0.05, 0) is 24.3 Å². The van der Waals surface area contributed by atoms with Crippen molar-refractivity contribution in [2.75, 3.05) is 68.1 Å². The van der Waals surface area contributed by atoms with Crippen molar-refractivity contribution in [3.05, 3.63) is 36.5 Å². The Kier molecular flexibility index (Phi) is 5.64. The van der Waals surface area contributed by atoms with Gasteiger partial charge in [0.15, 0.2) is 18.2 Å². The Labute approximate surface area is 206 Å². The van der Waals surface area contributed by atoms with E-state index in [2.05, 4.69) is 30.1 Å². The number of methoxy groups -OCH3 is 1. The molecular weight excluding hydrogens is 466 g/mol. The van der Waals surface area contributed by atoms with E-state index in [1.165, 1.54) is 4.90 Å². The molecule has 3 aliphatic rings. The molecule has 0 aromatic carbocycles. The fourth-order valence-corrected chi connectivity index (χ4v) is 4.73. The Morgan fingerprint density at radius 1 is 1.08 bits per heavy atom. The van der Waals surface area contributed by atoms with E-state index >= 15 is 0 Å². The van der Waals surface area contributed by atoms with Crippen molar-refractivity contribution in [2.45, 2.75) is 6.10 Å². The number of hydrogen-bond donors (Lipinski definition) is 1. The summed E-state index contributed by atoms with van der Waals surface area (Å²) in [5.74, 6) is 1.50. The number of amides is 2. The number of carbonyl (C=O) groups is 2. The molecular formula is C24H25N7O5. The zero-order valence-corrected chi connectivity index (χ0v) is 19.7. The molecule has 3 aliphatic heterocycles. The monoisotopic (exact) mass is 491 g/mol. The summed E-state index contributed by atoms with van der Waals surface area (Å²) >= 11 is 0. The molecule has 36 heavy (non-hydrogen) atoms. The predicted molar refractivity (Wildman–Crippen MR) is 131 cm³/mol. The summed E-state index contributed by atoms with van der Waals surface area (Å²) in [5, 5.41) is 2.67. The van der Waals surface area contributed by atoms with Crippen LogP contribution in [-0.4, -0.2) is 90.9 Å². The minimum atomic E-state index is -0.447. The second kappa shape index (κ2) is 9.11. The lowest BCUT2D eigenvalue weighted by Crippen LogP contribution is -2.49. The van der Waals surface area contributed by atoms with E-state index in [-0.39, 0.29) is 18.6 Å². The number of anilines is 3. The molecule has 1 atom stereocenters. The summed E-state index contributed by atoms with van der Waals surface area (Å²) in [7, 11) is 1.61. The molecule has 2 amide bonds. The smallest absolute Gasteiger partial charge is 0.416 e. The van der Waals surface area contributed by atoms with Gasteiger partial charge in [0.1, 0.15) is 17.4 Å². The summed E-state index contributed by atoms with van der Waals surface area (Å²) in [5.41, 5.74) is 2.69. The number of fused-ring (bicyclic) bond motifs is 2. The van der Waals surface area contributed by atoms with Crippen molar-refractivity contribution in [1.29, 1.82) is 0 Å². The number of nitrogens with zero attached hydrogens (tertiary/aromatic N) is 6. The van der Waals surface area contributed by atoms with E-state index in [0.29, 0.717) is 36.4 Å². The predicted octanol–water partition coefficient (Wildman–Crippen LogP) is 1.51. The van der Waals surface area contributed by atoms with Crippen molar-refractivity contribution in [2.24, 2.45) is 0 Å². The van der Waals surface area contributed by atoms with Crippen molar-refractivity contribution < 1.29 is 23.8 Å². The highest BCUT2D eigenvalue weighted by molar-refractivity contribution is 5.95. The van der Waals surface area contributed by atoms with Crippen LogP contribution in [0.15, 0.2) is 36.5 Å². The molecule has 0 saturated carbocycles. The Bertz CT molecular complexity index is 1330. The van der Waals surface area contributed by atoms with Gasteiger partial charge < -0.3 is 24.4 Å². The van der Waals surface area contributed by atoms with E-state index in [1.807, 2.05) is 18.2 Å². The highest BCUT2D eigenvalue weighted by atomic mass is 16.6. The SMILES string of the molecule is COc1ccc2nccc(N3CCN(CC4CN(c5ccc6c(n5)NC(=O)CO6)C(=O)O4)CC3)c2n1. The van der Waals surface area contributed by atoms with Crippen LogP contribution in [0.3, 0.4) is 0 Å². The molecule has 6 heterocycles. The van der Waals surface area contributed by atoms with Crippen LogP contribution in [-0.2, 0) is 9.53 Å². The normalized spacial score (nSPS) is 20.1. The fourth-order valence-electron chi connectivity index (χ4n) is 4.73. The fraction of sp³-hybridized carbons (Fsp3) is 0.375. The topological polar surface area (TPSA) is 122 Å². The summed E-state index contributed by atoms with van der Waals surface area (Å²) in [4.78, 5) is 43.7. The van der Waals surface area contributed by atoms with Gasteiger partial charge in [-0.3, -0.25) is 19.6 Å². The third-order valence-corrected chi connectivity index (χ3v) is 6.53. The quantitative estimate of drug-likeness (QED) is 0.562. The van der Waals surface area contributed by atoms with Crippen molar-refractivity contribution in [1.82, 2.24) is 19.9 Å². The Morgan fingerprint density at radius 2 is 1.94 bits per heavy atom. The summed E-state index contributed by atoms with van der Waals surface area (Å²) in [6, 6.07) is 9.11. The van der Waals surface area contributed by atoms with Crippen molar-refractivity contribution in [3.8, 4) is 11.6 Å². The van der Waals surface area contributed by atoms with E-state index in [0.717, 1.165) is 42.9 Å². The lowest BCUT2D eigenvalue weighted by Gasteiger charge is -2.36. The zero-order valence-electron chi connectivity index (χ0n) is 19.7. The van der Waals surface area contributed by atoms with Gasteiger partial charge >= 0.3 is 6.09 Å². The van der Waals surface area contributed by atoms with Crippen molar-refractivity contribution in [3.63, 3.8) is 0 Å². The first-order valence-electron chi connectivity index (χ1n) is 11.8. The van der Waals surface area contributed by atoms with E-state index < -0.39 is 6.09 Å². The van der Waals surface area contributed by atoms with Crippen LogP contribution in [0.25, 0.3) is 11.0 Å². The van der Waals surface area contributed by atoms with Crippen LogP contribution in [0.4, 0.5) is 22.1 Å². The van der Waals surface area contributed by atoms with E-state index in [9.17, 15) is 9.59 Å². The van der Waals surface area contributed by atoms with Gasteiger partial charge in [0.25, 0.3) is 5.91 Å². The third kappa shape index (κ3) is 4.19. The highest BCUT2D eigenvalue weighted by Crippen LogP contribution is 2.30. The minimum Gasteiger partial charge on any atom is -0.481 e. The molecule has 0 spiro atoms. The first-order chi connectivity index (χ1) is 17.6. The Hall–Kier alpha value is -4.19. The molecule has 12 nitrogen and oxygen atoms in total. The first kappa shape index (κ1) is 22.3. The summed E-state index contributed by atoms with van der Waals surface area (Å²) in [6.07, 6.45) is 1.08. The summed E-state index contributed by atoms with van der Waals surface area (Å²) in [6.45, 7) is 4.24. The molecule has 12 heteroatoms. The number of rotatable bonds is 5. The van der Waals surface area contributed by atoms with Gasteiger partial charge in [-0.1, -0.05) is 0 Å². The molecule has 3 aromatic rings. The maximum Gasteiger partial charge on any atom is 0.416 e.